The molecule has 2 atom stereocenters. The van der Waals surface area contributed by atoms with Crippen molar-refractivity contribution in [1.82, 2.24) is 24.3 Å². The van der Waals surface area contributed by atoms with E-state index in [2.05, 4.69) is 9.97 Å². The van der Waals surface area contributed by atoms with Crippen LogP contribution in [0, 0.1) is 0 Å². The van der Waals surface area contributed by atoms with E-state index in [1.165, 1.54) is 12.3 Å². The Labute approximate surface area is 163 Å². The molecule has 0 saturated carbocycles. The molecule has 0 radical (unpaired) electrons. The number of carbonyl (C=O) groups excluding carboxylic acids is 2. The summed E-state index contributed by atoms with van der Waals surface area (Å²) in [5.74, 6) is 0.173. The Kier molecular flexibility index (Phi) is 6.03. The van der Waals surface area contributed by atoms with E-state index < -0.39 is 12.1 Å². The average molecular weight is 388 g/mol. The summed E-state index contributed by atoms with van der Waals surface area (Å²) in [4.78, 5) is 35.6. The predicted molar refractivity (Wildman–Crippen MR) is 101 cm³/mol. The summed E-state index contributed by atoms with van der Waals surface area (Å²) in [5, 5.41) is 0. The fraction of sp³-hybridized carbons (Fsp3) is 0.474. The minimum atomic E-state index is -0.903. The number of likely N-dealkylation sites (N-methyl/N-ethyl adjacent to an activating group) is 1. The second kappa shape index (κ2) is 8.47. The van der Waals surface area contributed by atoms with Crippen LogP contribution in [0.15, 0.2) is 30.7 Å². The standard InChI is InChI=1S/C19H25FN6O2/c1-24-6-5-22-17(24)12-26-10-14(20)8-15(26)11-25(2)18(27)7-13-3-4-16(19(21)28)23-9-13/h3-6,9,14-15H,7-8,10-12H2,1-2H3,(H2,21,28)/t14-,15-/m0/s1. The first-order valence-electron chi connectivity index (χ1n) is 9.16. The molecule has 0 unspecified atom stereocenters. The van der Waals surface area contributed by atoms with Crippen LogP contribution in [0.3, 0.4) is 0 Å². The molecular formula is C19H25FN6O2. The lowest BCUT2D eigenvalue weighted by Crippen LogP contribution is -2.41. The van der Waals surface area contributed by atoms with E-state index in [9.17, 15) is 14.0 Å². The number of amides is 2. The fourth-order valence-corrected chi connectivity index (χ4v) is 3.44. The number of hydrogen-bond donors (Lipinski definition) is 1. The van der Waals surface area contributed by atoms with E-state index >= 15 is 0 Å². The number of likely N-dealkylation sites (tertiary alicyclic amines) is 1. The molecule has 1 saturated heterocycles. The van der Waals surface area contributed by atoms with Crippen LogP contribution in [0.2, 0.25) is 0 Å². The van der Waals surface area contributed by atoms with Gasteiger partial charge in [-0.15, -0.1) is 0 Å². The van der Waals surface area contributed by atoms with Crippen molar-refractivity contribution in [2.24, 2.45) is 12.8 Å². The Morgan fingerprint density at radius 2 is 2.14 bits per heavy atom. The molecule has 1 aliphatic rings. The number of halogens is 1. The molecule has 2 N–H and O–H groups in total. The first-order chi connectivity index (χ1) is 13.3. The number of carbonyl (C=O) groups is 2. The highest BCUT2D eigenvalue weighted by Gasteiger charge is 2.34. The Bertz CT molecular complexity index is 837. The summed E-state index contributed by atoms with van der Waals surface area (Å²) >= 11 is 0. The number of aryl methyl sites for hydroxylation is 1. The Hall–Kier alpha value is -2.81. The minimum absolute atomic E-state index is 0.0592. The number of alkyl halides is 1. The summed E-state index contributed by atoms with van der Waals surface area (Å²) < 4.78 is 16.0. The zero-order chi connectivity index (χ0) is 20.3. The van der Waals surface area contributed by atoms with E-state index in [0.717, 1.165) is 5.82 Å². The SMILES string of the molecule is CN(C[C@@H]1C[C@H](F)CN1Cc1nccn1C)C(=O)Cc1ccc(C(N)=O)nc1. The molecule has 3 heterocycles. The normalized spacial score (nSPS) is 19.7. The van der Waals surface area contributed by atoms with Crippen molar-refractivity contribution < 1.29 is 14.0 Å². The molecule has 28 heavy (non-hydrogen) atoms. The first-order valence-corrected chi connectivity index (χ1v) is 9.16. The molecule has 0 spiro atoms. The highest BCUT2D eigenvalue weighted by molar-refractivity contribution is 5.90. The first kappa shape index (κ1) is 19.9. The monoisotopic (exact) mass is 388 g/mol. The summed E-state index contributed by atoms with van der Waals surface area (Å²) in [6, 6.07) is 3.11. The van der Waals surface area contributed by atoms with Gasteiger partial charge in [-0.1, -0.05) is 6.07 Å². The number of primary amides is 1. The molecule has 8 nitrogen and oxygen atoms in total. The number of aromatic nitrogens is 3. The van der Waals surface area contributed by atoms with Crippen LogP contribution in [0.1, 0.15) is 28.3 Å². The van der Waals surface area contributed by atoms with Crippen molar-refractivity contribution in [2.45, 2.75) is 31.6 Å². The molecule has 1 aliphatic heterocycles. The van der Waals surface area contributed by atoms with E-state index in [0.29, 0.717) is 31.6 Å². The second-order valence-electron chi connectivity index (χ2n) is 7.24. The third kappa shape index (κ3) is 4.72. The van der Waals surface area contributed by atoms with Crippen molar-refractivity contribution in [3.05, 3.63) is 47.8 Å². The van der Waals surface area contributed by atoms with Crippen molar-refractivity contribution in [1.29, 1.82) is 0 Å². The van der Waals surface area contributed by atoms with Crippen LogP contribution in [0.4, 0.5) is 4.39 Å². The number of nitrogens with zero attached hydrogens (tertiary/aromatic N) is 5. The Balaban J connectivity index is 1.58. The van der Waals surface area contributed by atoms with E-state index in [1.807, 2.05) is 22.7 Å². The van der Waals surface area contributed by atoms with Gasteiger partial charge in [0.25, 0.3) is 5.91 Å². The van der Waals surface area contributed by atoms with Gasteiger partial charge in [-0.3, -0.25) is 19.5 Å². The van der Waals surface area contributed by atoms with Crippen LogP contribution < -0.4 is 5.73 Å². The fourth-order valence-electron chi connectivity index (χ4n) is 3.44. The van der Waals surface area contributed by atoms with Gasteiger partial charge in [-0.2, -0.15) is 0 Å². The molecule has 0 aliphatic carbocycles. The maximum absolute atomic E-state index is 14.0. The van der Waals surface area contributed by atoms with E-state index in [1.54, 1.807) is 24.2 Å². The summed E-state index contributed by atoms with van der Waals surface area (Å²) in [7, 11) is 3.63. The molecule has 2 aromatic heterocycles. The highest BCUT2D eigenvalue weighted by atomic mass is 19.1. The summed E-state index contributed by atoms with van der Waals surface area (Å²) in [6.07, 6.45) is 4.72. The van der Waals surface area contributed by atoms with Crippen molar-refractivity contribution in [2.75, 3.05) is 20.1 Å². The quantitative estimate of drug-likeness (QED) is 0.746. The third-order valence-electron chi connectivity index (χ3n) is 5.09. The number of rotatable bonds is 7. The number of nitrogens with two attached hydrogens (primary N) is 1. The van der Waals surface area contributed by atoms with Crippen LogP contribution in [0.25, 0.3) is 0 Å². The Morgan fingerprint density at radius 3 is 2.75 bits per heavy atom. The number of hydrogen-bond acceptors (Lipinski definition) is 5. The van der Waals surface area contributed by atoms with Gasteiger partial charge in [0.1, 0.15) is 17.7 Å². The molecule has 150 valence electrons. The zero-order valence-corrected chi connectivity index (χ0v) is 16.1. The molecule has 3 rings (SSSR count). The summed E-state index contributed by atoms with van der Waals surface area (Å²) in [6.45, 7) is 1.34. The lowest BCUT2D eigenvalue weighted by atomic mass is 10.1. The predicted octanol–water partition coefficient (Wildman–Crippen LogP) is 0.528. The highest BCUT2D eigenvalue weighted by Crippen LogP contribution is 2.23. The second-order valence-corrected chi connectivity index (χ2v) is 7.24. The van der Waals surface area contributed by atoms with E-state index in [-0.39, 0.29) is 24.1 Å². The van der Waals surface area contributed by atoms with E-state index in [4.69, 9.17) is 5.73 Å². The van der Waals surface area contributed by atoms with Gasteiger partial charge in [0.15, 0.2) is 0 Å². The lowest BCUT2D eigenvalue weighted by Gasteiger charge is -2.28. The van der Waals surface area contributed by atoms with Gasteiger partial charge in [0.2, 0.25) is 5.91 Å². The largest absolute Gasteiger partial charge is 0.364 e. The molecule has 2 aromatic rings. The van der Waals surface area contributed by atoms with Gasteiger partial charge in [-0.05, 0) is 18.1 Å². The van der Waals surface area contributed by atoms with Gasteiger partial charge in [0.05, 0.1) is 13.0 Å². The van der Waals surface area contributed by atoms with Crippen LogP contribution in [-0.4, -0.2) is 68.5 Å². The molecule has 2 amide bonds. The average Bonchev–Trinajstić information content (AvgIpc) is 3.21. The molecule has 0 aromatic carbocycles. The van der Waals surface area contributed by atoms with Gasteiger partial charge >= 0.3 is 0 Å². The molecule has 9 heteroatoms. The third-order valence-corrected chi connectivity index (χ3v) is 5.09. The van der Waals surface area contributed by atoms with Crippen molar-refractivity contribution in [3.8, 4) is 0 Å². The maximum Gasteiger partial charge on any atom is 0.267 e. The minimum Gasteiger partial charge on any atom is -0.364 e. The number of pyridine rings is 1. The topological polar surface area (TPSA) is 97.4 Å². The van der Waals surface area contributed by atoms with Crippen molar-refractivity contribution >= 4 is 11.8 Å². The lowest BCUT2D eigenvalue weighted by molar-refractivity contribution is -0.129. The van der Waals surface area contributed by atoms with Gasteiger partial charge in [-0.25, -0.2) is 9.37 Å². The van der Waals surface area contributed by atoms with Crippen molar-refractivity contribution in [3.63, 3.8) is 0 Å². The van der Waals surface area contributed by atoms with Gasteiger partial charge in [0, 0.05) is 51.8 Å². The molecular weight excluding hydrogens is 363 g/mol. The van der Waals surface area contributed by atoms with Crippen LogP contribution in [-0.2, 0) is 24.8 Å². The van der Waals surface area contributed by atoms with Crippen LogP contribution in [0.5, 0.6) is 0 Å². The maximum atomic E-state index is 14.0. The number of imidazole rings is 1. The summed E-state index contributed by atoms with van der Waals surface area (Å²) in [5.41, 5.74) is 6.03. The Morgan fingerprint density at radius 1 is 1.36 bits per heavy atom. The zero-order valence-electron chi connectivity index (χ0n) is 16.1. The molecule has 1 fully saturated rings. The van der Waals surface area contributed by atoms with Gasteiger partial charge < -0.3 is 15.2 Å². The smallest absolute Gasteiger partial charge is 0.267 e. The van der Waals surface area contributed by atoms with Crippen LogP contribution >= 0.6 is 0 Å². The molecule has 0 bridgehead atoms.